The van der Waals surface area contributed by atoms with Crippen molar-refractivity contribution in [2.75, 3.05) is 7.11 Å². The Morgan fingerprint density at radius 1 is 1.19 bits per heavy atom. The molecule has 6 nitrogen and oxygen atoms in total. The molecule has 1 saturated carbocycles. The number of ether oxygens (including phenoxy) is 1. The normalized spacial score (nSPS) is 19.5. The van der Waals surface area contributed by atoms with Gasteiger partial charge >= 0.3 is 11.9 Å². The number of nitrogens with zero attached hydrogens (tertiary/aromatic N) is 1. The summed E-state index contributed by atoms with van der Waals surface area (Å²) in [6.07, 6.45) is 5.63. The van der Waals surface area contributed by atoms with Gasteiger partial charge in [0.1, 0.15) is 0 Å². The van der Waals surface area contributed by atoms with Crippen molar-refractivity contribution >= 4 is 23.9 Å². The van der Waals surface area contributed by atoms with E-state index in [1.54, 1.807) is 30.0 Å². The molecule has 1 aliphatic carbocycles. The highest BCUT2D eigenvalue weighted by Crippen LogP contribution is 2.37. The lowest BCUT2D eigenvalue weighted by Crippen LogP contribution is -2.34. The number of carbonyl (C=O) groups excluding carboxylic acids is 2. The van der Waals surface area contributed by atoms with Gasteiger partial charge in [0.15, 0.2) is 0 Å². The number of carboxylic acids is 1. The maximum absolute atomic E-state index is 13.0. The number of carbonyl (C=O) groups is 3. The van der Waals surface area contributed by atoms with E-state index in [9.17, 15) is 14.4 Å². The molecule has 1 aromatic rings. The van der Waals surface area contributed by atoms with Gasteiger partial charge in [-0.25, -0.2) is 9.59 Å². The number of rotatable bonds is 4. The molecule has 0 unspecified atom stereocenters. The quantitative estimate of drug-likeness (QED) is 0.663. The minimum atomic E-state index is -1.01. The van der Waals surface area contributed by atoms with Gasteiger partial charge < -0.3 is 14.7 Å². The smallest absolute Gasteiger partial charge is 0.340 e. The van der Waals surface area contributed by atoms with Crippen LogP contribution in [0.2, 0.25) is 0 Å². The van der Waals surface area contributed by atoms with Gasteiger partial charge in [-0.05, 0) is 43.5 Å². The van der Waals surface area contributed by atoms with E-state index >= 15 is 0 Å². The standard InChI is InChI=1S/C20H21NO5/c1-12-17(20(25)26-2)16(18(22)21(12)15-5-3-4-6-15)11-13-7-9-14(10-8-13)19(23)24/h7-11,15H,3-6H2,1-2H3,(H,23,24)/b16-11-. The molecule has 1 aromatic carbocycles. The van der Waals surface area contributed by atoms with Crippen LogP contribution in [0.1, 0.15) is 48.5 Å². The molecule has 0 aromatic heterocycles. The van der Waals surface area contributed by atoms with Crippen LogP contribution >= 0.6 is 0 Å². The number of methoxy groups -OCH3 is 1. The highest BCUT2D eigenvalue weighted by molar-refractivity contribution is 6.16. The Balaban J connectivity index is 2.01. The van der Waals surface area contributed by atoms with Gasteiger partial charge in [0.05, 0.1) is 23.8 Å². The lowest BCUT2D eigenvalue weighted by molar-refractivity contribution is -0.136. The summed E-state index contributed by atoms with van der Waals surface area (Å²) in [5, 5.41) is 8.99. The first kappa shape index (κ1) is 17.9. The van der Waals surface area contributed by atoms with Crippen LogP contribution in [0, 0.1) is 0 Å². The van der Waals surface area contributed by atoms with Crippen molar-refractivity contribution in [1.82, 2.24) is 4.90 Å². The number of allylic oxidation sites excluding steroid dienone is 1. The number of aromatic carboxylic acids is 1. The molecule has 3 rings (SSSR count). The number of amides is 1. The van der Waals surface area contributed by atoms with Crippen molar-refractivity contribution < 1.29 is 24.2 Å². The molecule has 6 heteroatoms. The Morgan fingerprint density at radius 3 is 2.35 bits per heavy atom. The van der Waals surface area contributed by atoms with E-state index < -0.39 is 11.9 Å². The minimum Gasteiger partial charge on any atom is -0.478 e. The van der Waals surface area contributed by atoms with Gasteiger partial charge in [0, 0.05) is 11.7 Å². The van der Waals surface area contributed by atoms with Crippen LogP contribution in [0.3, 0.4) is 0 Å². The third-order valence-corrected chi connectivity index (χ3v) is 4.99. The van der Waals surface area contributed by atoms with Gasteiger partial charge in [-0.2, -0.15) is 0 Å². The van der Waals surface area contributed by atoms with Crippen LogP contribution in [0.5, 0.6) is 0 Å². The summed E-state index contributed by atoms with van der Waals surface area (Å²) >= 11 is 0. The van der Waals surface area contributed by atoms with Gasteiger partial charge in [0.2, 0.25) is 0 Å². The van der Waals surface area contributed by atoms with Crippen molar-refractivity contribution in [3.05, 3.63) is 52.2 Å². The average molecular weight is 355 g/mol. The highest BCUT2D eigenvalue weighted by Gasteiger charge is 2.40. The fourth-order valence-corrected chi connectivity index (χ4v) is 3.69. The Kier molecular flexibility index (Phi) is 4.93. The van der Waals surface area contributed by atoms with Crippen LogP contribution in [-0.2, 0) is 14.3 Å². The molecule has 1 amide bonds. The van der Waals surface area contributed by atoms with Crippen LogP contribution in [0.15, 0.2) is 41.1 Å². The van der Waals surface area contributed by atoms with Gasteiger partial charge in [-0.1, -0.05) is 25.0 Å². The lowest BCUT2D eigenvalue weighted by atomic mass is 10.0. The monoisotopic (exact) mass is 355 g/mol. The largest absolute Gasteiger partial charge is 0.478 e. The van der Waals surface area contributed by atoms with Crippen molar-refractivity contribution in [2.45, 2.75) is 38.6 Å². The van der Waals surface area contributed by atoms with Gasteiger partial charge in [-0.3, -0.25) is 4.79 Å². The fraction of sp³-hybridized carbons (Fsp3) is 0.350. The minimum absolute atomic E-state index is 0.113. The average Bonchev–Trinajstić information content (AvgIpc) is 3.22. The number of esters is 1. The van der Waals surface area contributed by atoms with Crippen molar-refractivity contribution in [2.24, 2.45) is 0 Å². The molecule has 136 valence electrons. The molecule has 1 fully saturated rings. The number of hydrogen-bond donors (Lipinski definition) is 1. The maximum atomic E-state index is 13.0. The topological polar surface area (TPSA) is 83.9 Å². The van der Waals surface area contributed by atoms with E-state index in [-0.39, 0.29) is 23.1 Å². The van der Waals surface area contributed by atoms with Crippen LogP contribution in [0.4, 0.5) is 0 Å². The summed E-state index contributed by atoms with van der Waals surface area (Å²) in [4.78, 5) is 38.0. The SMILES string of the molecule is COC(=O)C1=C(C)N(C2CCCC2)C(=O)/C1=C\c1ccc(C(=O)O)cc1. The molecule has 0 atom stereocenters. The molecule has 2 aliphatic rings. The van der Waals surface area contributed by atoms with E-state index in [1.165, 1.54) is 19.2 Å². The van der Waals surface area contributed by atoms with Gasteiger partial charge in [-0.15, -0.1) is 0 Å². The van der Waals surface area contributed by atoms with Crippen LogP contribution < -0.4 is 0 Å². The van der Waals surface area contributed by atoms with Crippen LogP contribution in [-0.4, -0.2) is 41.0 Å². The van der Waals surface area contributed by atoms with Crippen LogP contribution in [0.25, 0.3) is 6.08 Å². The summed E-state index contributed by atoms with van der Waals surface area (Å²) in [5.41, 5.74) is 2.02. The molecule has 0 bridgehead atoms. The van der Waals surface area contributed by atoms with Gasteiger partial charge in [0.25, 0.3) is 5.91 Å². The summed E-state index contributed by atoms with van der Waals surface area (Å²) in [6, 6.07) is 6.29. The van der Waals surface area contributed by atoms with E-state index in [0.717, 1.165) is 25.7 Å². The molecule has 0 radical (unpaired) electrons. The number of benzene rings is 1. The lowest BCUT2D eigenvalue weighted by Gasteiger charge is -2.25. The summed E-state index contributed by atoms with van der Waals surface area (Å²) in [6.45, 7) is 1.77. The fourth-order valence-electron chi connectivity index (χ4n) is 3.69. The second kappa shape index (κ2) is 7.15. The van der Waals surface area contributed by atoms with Crippen molar-refractivity contribution in [3.63, 3.8) is 0 Å². The first-order valence-corrected chi connectivity index (χ1v) is 8.62. The molecule has 0 spiro atoms. The molecule has 1 N–H and O–H groups in total. The molecular formula is C20H21NO5. The molecular weight excluding hydrogens is 334 g/mol. The zero-order valence-corrected chi connectivity index (χ0v) is 14.8. The molecule has 0 saturated heterocycles. The first-order chi connectivity index (χ1) is 12.4. The second-order valence-corrected chi connectivity index (χ2v) is 6.55. The van der Waals surface area contributed by atoms with E-state index in [2.05, 4.69) is 0 Å². The maximum Gasteiger partial charge on any atom is 0.340 e. The third-order valence-electron chi connectivity index (χ3n) is 4.99. The Labute approximate surface area is 151 Å². The number of carboxylic acid groups (broad SMARTS) is 1. The third kappa shape index (κ3) is 3.14. The molecule has 1 heterocycles. The summed E-state index contributed by atoms with van der Waals surface area (Å²) in [7, 11) is 1.30. The summed E-state index contributed by atoms with van der Waals surface area (Å²) in [5.74, 6) is -1.75. The number of hydrogen-bond acceptors (Lipinski definition) is 4. The van der Waals surface area contributed by atoms with E-state index in [4.69, 9.17) is 9.84 Å². The van der Waals surface area contributed by atoms with Crippen molar-refractivity contribution in [1.29, 1.82) is 0 Å². The zero-order chi connectivity index (χ0) is 18.8. The first-order valence-electron chi connectivity index (χ1n) is 8.62. The molecule has 26 heavy (non-hydrogen) atoms. The second-order valence-electron chi connectivity index (χ2n) is 6.55. The highest BCUT2D eigenvalue weighted by atomic mass is 16.5. The molecule has 1 aliphatic heterocycles. The Hall–Kier alpha value is -2.89. The van der Waals surface area contributed by atoms with Crippen molar-refractivity contribution in [3.8, 4) is 0 Å². The summed E-state index contributed by atoms with van der Waals surface area (Å²) < 4.78 is 4.89. The predicted molar refractivity (Wildman–Crippen MR) is 95.2 cm³/mol. The van der Waals surface area contributed by atoms with E-state index in [0.29, 0.717) is 16.8 Å². The predicted octanol–water partition coefficient (Wildman–Crippen LogP) is 3.00. The Bertz CT molecular complexity index is 813. The zero-order valence-electron chi connectivity index (χ0n) is 14.8. The Morgan fingerprint density at radius 2 is 1.81 bits per heavy atom. The van der Waals surface area contributed by atoms with E-state index in [1.807, 2.05) is 0 Å².